The number of aromatic hydroxyl groups is 1. The third kappa shape index (κ3) is 2.78. The van der Waals surface area contributed by atoms with Crippen LogP contribution < -0.4 is 10.6 Å². The minimum absolute atomic E-state index is 0.0737. The lowest BCUT2D eigenvalue weighted by Gasteiger charge is -2.30. The molecule has 0 radical (unpaired) electrons. The maximum absolute atomic E-state index is 12.0. The zero-order chi connectivity index (χ0) is 14.9. The van der Waals surface area contributed by atoms with E-state index in [1.54, 1.807) is 25.1 Å². The number of thiocarbonyl (C=S) groups is 1. The highest BCUT2D eigenvalue weighted by molar-refractivity contribution is 9.10. The lowest BCUT2D eigenvalue weighted by Crippen LogP contribution is -2.45. The minimum atomic E-state index is -0.561. The topological polar surface area (TPSA) is 70.6 Å². The standard InChI is InChI=1S/C13H13BrN2O3S/c1-6-10(12(18)19-2)11(16-13(20)15-6)8-5-7(14)3-4-9(8)17/h3-5,11,17H,1-2H3,(H2,15,16,20)/t11-/m0/s1. The second-order valence-electron chi connectivity index (χ2n) is 4.26. The molecule has 0 aromatic heterocycles. The molecule has 0 saturated carbocycles. The van der Waals surface area contributed by atoms with Crippen LogP contribution in [-0.2, 0) is 9.53 Å². The van der Waals surface area contributed by atoms with E-state index in [0.29, 0.717) is 21.9 Å². The van der Waals surface area contributed by atoms with Gasteiger partial charge in [0.25, 0.3) is 0 Å². The van der Waals surface area contributed by atoms with Crippen molar-refractivity contribution in [3.8, 4) is 5.75 Å². The van der Waals surface area contributed by atoms with Crippen molar-refractivity contribution in [1.29, 1.82) is 0 Å². The molecule has 0 amide bonds. The average Bonchev–Trinajstić information content (AvgIpc) is 2.40. The maximum Gasteiger partial charge on any atom is 0.337 e. The number of carbonyl (C=O) groups excluding carboxylic acids is 1. The lowest BCUT2D eigenvalue weighted by atomic mass is 9.95. The van der Waals surface area contributed by atoms with E-state index < -0.39 is 12.0 Å². The normalized spacial score (nSPS) is 18.4. The zero-order valence-corrected chi connectivity index (χ0v) is 13.3. The van der Waals surface area contributed by atoms with Crippen LogP contribution >= 0.6 is 28.1 Å². The lowest BCUT2D eigenvalue weighted by molar-refractivity contribution is -0.136. The third-order valence-electron chi connectivity index (χ3n) is 2.98. The molecule has 1 aromatic rings. The molecule has 1 aliphatic rings. The number of phenolic OH excluding ortho intramolecular Hbond substituents is 1. The van der Waals surface area contributed by atoms with Crippen LogP contribution in [0, 0.1) is 0 Å². The number of hydrogen-bond donors (Lipinski definition) is 3. The largest absolute Gasteiger partial charge is 0.508 e. The van der Waals surface area contributed by atoms with Gasteiger partial charge < -0.3 is 20.5 Å². The van der Waals surface area contributed by atoms with Gasteiger partial charge in [-0.25, -0.2) is 4.79 Å². The molecule has 7 heteroatoms. The summed E-state index contributed by atoms with van der Waals surface area (Å²) in [6.45, 7) is 1.74. The van der Waals surface area contributed by atoms with Gasteiger partial charge in [0.15, 0.2) is 5.11 Å². The van der Waals surface area contributed by atoms with Crippen molar-refractivity contribution in [2.45, 2.75) is 13.0 Å². The van der Waals surface area contributed by atoms with Gasteiger partial charge >= 0.3 is 5.97 Å². The van der Waals surface area contributed by atoms with Gasteiger partial charge in [0, 0.05) is 15.7 Å². The Balaban J connectivity index is 2.56. The number of methoxy groups -OCH3 is 1. The average molecular weight is 357 g/mol. The molecule has 3 N–H and O–H groups in total. The second-order valence-corrected chi connectivity index (χ2v) is 5.59. The molecule has 1 aromatic carbocycles. The maximum atomic E-state index is 12.0. The molecule has 0 fully saturated rings. The number of ether oxygens (including phenoxy) is 1. The number of phenols is 1. The number of allylic oxidation sites excluding steroid dienone is 1. The Bertz CT molecular complexity index is 616. The van der Waals surface area contributed by atoms with Gasteiger partial charge in [0.05, 0.1) is 18.7 Å². The molecule has 1 heterocycles. The molecule has 1 atom stereocenters. The molecule has 0 aliphatic carbocycles. The van der Waals surface area contributed by atoms with Crippen LogP contribution in [-0.4, -0.2) is 23.3 Å². The second kappa shape index (κ2) is 5.80. The van der Waals surface area contributed by atoms with Crippen molar-refractivity contribution in [3.05, 3.63) is 39.5 Å². The molecule has 20 heavy (non-hydrogen) atoms. The van der Waals surface area contributed by atoms with Crippen LogP contribution in [0.1, 0.15) is 18.5 Å². The Hall–Kier alpha value is -1.60. The smallest absolute Gasteiger partial charge is 0.337 e. The number of hydrogen-bond acceptors (Lipinski definition) is 4. The fourth-order valence-electron chi connectivity index (χ4n) is 2.06. The Morgan fingerprint density at radius 1 is 1.50 bits per heavy atom. The number of nitrogens with one attached hydrogen (secondary N) is 2. The van der Waals surface area contributed by atoms with Crippen molar-refractivity contribution in [1.82, 2.24) is 10.6 Å². The van der Waals surface area contributed by atoms with E-state index in [1.165, 1.54) is 7.11 Å². The van der Waals surface area contributed by atoms with Crippen molar-refractivity contribution >= 4 is 39.2 Å². The van der Waals surface area contributed by atoms with E-state index in [-0.39, 0.29) is 5.75 Å². The highest BCUT2D eigenvalue weighted by Crippen LogP contribution is 2.34. The molecule has 2 rings (SSSR count). The third-order valence-corrected chi connectivity index (χ3v) is 3.69. The summed E-state index contributed by atoms with van der Waals surface area (Å²) in [7, 11) is 1.31. The number of carbonyl (C=O) groups is 1. The first-order chi connectivity index (χ1) is 9.43. The molecular formula is C13H13BrN2O3S. The van der Waals surface area contributed by atoms with Crippen LogP contribution in [0.25, 0.3) is 0 Å². The summed E-state index contributed by atoms with van der Waals surface area (Å²) in [6.07, 6.45) is 0. The zero-order valence-electron chi connectivity index (χ0n) is 10.9. The van der Waals surface area contributed by atoms with Gasteiger partial charge in [0.1, 0.15) is 5.75 Å². The highest BCUT2D eigenvalue weighted by Gasteiger charge is 2.32. The van der Waals surface area contributed by atoms with Gasteiger partial charge in [-0.05, 0) is 37.3 Å². The fraction of sp³-hybridized carbons (Fsp3) is 0.231. The molecule has 1 aliphatic heterocycles. The van der Waals surface area contributed by atoms with Crippen LogP contribution in [0.3, 0.4) is 0 Å². The molecule has 0 unspecified atom stereocenters. The van der Waals surface area contributed by atoms with E-state index in [4.69, 9.17) is 17.0 Å². The molecule has 0 spiro atoms. The van der Waals surface area contributed by atoms with Crippen molar-refractivity contribution in [2.75, 3.05) is 7.11 Å². The van der Waals surface area contributed by atoms with Crippen LogP contribution in [0.2, 0.25) is 0 Å². The number of rotatable bonds is 2. The molecular weight excluding hydrogens is 344 g/mol. The van der Waals surface area contributed by atoms with Gasteiger partial charge in [-0.3, -0.25) is 0 Å². The summed E-state index contributed by atoms with van der Waals surface area (Å²) in [5.41, 5.74) is 1.53. The van der Waals surface area contributed by atoms with E-state index >= 15 is 0 Å². The van der Waals surface area contributed by atoms with Gasteiger partial charge in [-0.15, -0.1) is 0 Å². The monoisotopic (exact) mass is 356 g/mol. The van der Waals surface area contributed by atoms with Gasteiger partial charge in [-0.1, -0.05) is 15.9 Å². The minimum Gasteiger partial charge on any atom is -0.508 e. The highest BCUT2D eigenvalue weighted by atomic mass is 79.9. The van der Waals surface area contributed by atoms with Crippen LogP contribution in [0.5, 0.6) is 5.75 Å². The van der Waals surface area contributed by atoms with Gasteiger partial charge in [0.2, 0.25) is 0 Å². The van der Waals surface area contributed by atoms with Crippen molar-refractivity contribution < 1.29 is 14.6 Å². The Kier molecular flexibility index (Phi) is 4.29. The van der Waals surface area contributed by atoms with Crippen LogP contribution in [0.4, 0.5) is 0 Å². The van der Waals surface area contributed by atoms with Crippen molar-refractivity contribution in [3.63, 3.8) is 0 Å². The first-order valence-electron chi connectivity index (χ1n) is 5.79. The number of benzene rings is 1. The first kappa shape index (κ1) is 14.8. The molecule has 106 valence electrons. The van der Waals surface area contributed by atoms with E-state index in [1.807, 2.05) is 0 Å². The quantitative estimate of drug-likeness (QED) is 0.557. The summed E-state index contributed by atoms with van der Waals surface area (Å²) < 4.78 is 5.59. The predicted molar refractivity (Wildman–Crippen MR) is 82.1 cm³/mol. The van der Waals surface area contributed by atoms with Crippen molar-refractivity contribution in [2.24, 2.45) is 0 Å². The Labute approximate surface area is 130 Å². The summed E-state index contributed by atoms with van der Waals surface area (Å²) >= 11 is 8.46. The van der Waals surface area contributed by atoms with E-state index in [2.05, 4.69) is 26.6 Å². The number of esters is 1. The molecule has 0 bridgehead atoms. The summed E-state index contributed by atoms with van der Waals surface area (Å²) in [4.78, 5) is 12.0. The van der Waals surface area contributed by atoms with Crippen LogP contribution in [0.15, 0.2) is 33.9 Å². The molecule has 0 saturated heterocycles. The predicted octanol–water partition coefficient (Wildman–Crippen LogP) is 2.12. The van der Waals surface area contributed by atoms with E-state index in [9.17, 15) is 9.90 Å². The summed E-state index contributed by atoms with van der Waals surface area (Å²) in [6, 6.07) is 4.44. The summed E-state index contributed by atoms with van der Waals surface area (Å²) in [5.74, 6) is -0.404. The Morgan fingerprint density at radius 2 is 2.20 bits per heavy atom. The fourth-order valence-corrected chi connectivity index (χ4v) is 2.71. The first-order valence-corrected chi connectivity index (χ1v) is 6.99. The number of halogens is 1. The molecule has 5 nitrogen and oxygen atoms in total. The van der Waals surface area contributed by atoms with E-state index in [0.717, 1.165) is 4.47 Å². The summed E-state index contributed by atoms with van der Waals surface area (Å²) in [5, 5.41) is 16.3. The van der Waals surface area contributed by atoms with Gasteiger partial charge in [-0.2, -0.15) is 0 Å². The SMILES string of the molecule is COC(=O)C1=C(C)NC(=S)N[C@H]1c1cc(Br)ccc1O. The Morgan fingerprint density at radius 3 is 2.85 bits per heavy atom.